The molecule has 9 rings (SSSR count). The van der Waals surface area contributed by atoms with Crippen molar-refractivity contribution in [2.45, 2.75) is 121 Å². The minimum absolute atomic E-state index is 0.0506. The Hall–Kier alpha value is -2.01. The second-order valence-corrected chi connectivity index (χ2v) is 15.0. The van der Waals surface area contributed by atoms with Crippen LogP contribution in [-0.4, -0.2) is 92.4 Å². The third-order valence-electron chi connectivity index (χ3n) is 13.5. The Morgan fingerprint density at radius 1 is 1.02 bits per heavy atom. The molecule has 3 heterocycles. The topological polar surface area (TPSA) is 143 Å². The first-order valence-electron chi connectivity index (χ1n) is 15.8. The highest BCUT2D eigenvalue weighted by molar-refractivity contribution is 5.73. The van der Waals surface area contributed by atoms with Crippen LogP contribution in [-0.2, 0) is 28.6 Å². The van der Waals surface area contributed by atoms with Crippen molar-refractivity contribution in [3.05, 3.63) is 12.2 Å². The molecule has 6 saturated carbocycles. The average Bonchev–Trinajstić information content (AvgIpc) is 3.36. The van der Waals surface area contributed by atoms with Crippen molar-refractivity contribution in [2.24, 2.45) is 39.9 Å². The predicted octanol–water partition coefficient (Wildman–Crippen LogP) is 1.73. The number of nitrogens with zero attached hydrogens (tertiary/aromatic N) is 1. The van der Waals surface area contributed by atoms with Crippen molar-refractivity contribution in [1.82, 2.24) is 4.90 Å². The number of fused-ring (bicyclic) bond motifs is 1. The zero-order chi connectivity index (χ0) is 30.5. The molecule has 6 aliphatic carbocycles. The average molecular weight is 588 g/mol. The molecule has 2 spiro atoms. The van der Waals surface area contributed by atoms with E-state index in [0.717, 1.165) is 0 Å². The van der Waals surface area contributed by atoms with E-state index in [1.807, 2.05) is 20.8 Å². The third-order valence-corrected chi connectivity index (χ3v) is 13.5. The maximum atomic E-state index is 13.5. The van der Waals surface area contributed by atoms with Crippen LogP contribution in [0.5, 0.6) is 0 Å². The maximum Gasteiger partial charge on any atom is 0.309 e. The van der Waals surface area contributed by atoms with E-state index in [4.69, 9.17) is 14.2 Å². The fourth-order valence-electron chi connectivity index (χ4n) is 11.9. The summed E-state index contributed by atoms with van der Waals surface area (Å²) in [7, 11) is 0. The van der Waals surface area contributed by atoms with Crippen molar-refractivity contribution in [3.63, 3.8) is 0 Å². The van der Waals surface area contributed by atoms with Crippen molar-refractivity contribution in [3.8, 4) is 0 Å². The number of hydrogen-bond donors (Lipinski definition) is 3. The molecule has 9 aliphatic rings. The lowest BCUT2D eigenvalue weighted by Crippen LogP contribution is -2.83. The van der Waals surface area contributed by atoms with Gasteiger partial charge in [0.15, 0.2) is 0 Å². The first kappa shape index (κ1) is 28.7. The fourth-order valence-corrected chi connectivity index (χ4v) is 11.9. The maximum absolute atomic E-state index is 13.5. The largest absolute Gasteiger partial charge is 0.458 e. The van der Waals surface area contributed by atoms with Crippen LogP contribution < -0.4 is 0 Å². The Kier molecular flexibility index (Phi) is 5.73. The van der Waals surface area contributed by atoms with Crippen LogP contribution in [0.4, 0.5) is 0 Å². The number of piperidine rings is 2. The first-order valence-corrected chi connectivity index (χ1v) is 15.8. The molecule has 16 atom stereocenters. The standard InChI is InChI=1S/C32H45NO9/c1-8-14(3)25(36)41-19-12-30-21-18-11-29-10-16(5)20(24(32(29,30)39)42-26(37)15(4)9-2)22(35)31(29,38)27(30)33(18)13-28(21,7)23(19)40-17(6)34/h14-15,18-24,27,35,38-39H,5,8-13H2,1-4,6-7H3/t14?,15?,18-,19-,20+,21?,22-,23-,24-,27+,28+,29-,30-,31-,32+/m1/s1. The smallest absolute Gasteiger partial charge is 0.309 e. The van der Waals surface area contributed by atoms with Crippen LogP contribution in [0.15, 0.2) is 12.2 Å². The number of rotatable bonds is 7. The Morgan fingerprint density at radius 3 is 2.24 bits per heavy atom. The van der Waals surface area contributed by atoms with Gasteiger partial charge in [0, 0.05) is 41.7 Å². The molecule has 0 radical (unpaired) electrons. The predicted molar refractivity (Wildman–Crippen MR) is 147 cm³/mol. The molecule has 9 bridgehead atoms. The number of esters is 3. The van der Waals surface area contributed by atoms with Gasteiger partial charge in [0.05, 0.1) is 24.0 Å². The van der Waals surface area contributed by atoms with E-state index in [1.165, 1.54) is 6.92 Å². The number of aliphatic hydroxyl groups is 3. The van der Waals surface area contributed by atoms with Crippen LogP contribution >= 0.6 is 0 Å². The highest BCUT2D eigenvalue weighted by Gasteiger charge is 3.01. The molecular formula is C32H45NO9. The Bertz CT molecular complexity index is 1290. The van der Waals surface area contributed by atoms with Gasteiger partial charge in [-0.3, -0.25) is 19.3 Å². The van der Waals surface area contributed by atoms with E-state index in [1.54, 1.807) is 13.8 Å². The summed E-state index contributed by atoms with van der Waals surface area (Å²) in [5.41, 5.74) is -5.74. The second kappa shape index (κ2) is 8.37. The van der Waals surface area contributed by atoms with Gasteiger partial charge in [-0.15, -0.1) is 0 Å². The van der Waals surface area contributed by atoms with Gasteiger partial charge in [-0.2, -0.15) is 0 Å². The Morgan fingerprint density at radius 2 is 1.64 bits per heavy atom. The zero-order valence-corrected chi connectivity index (χ0v) is 25.5. The van der Waals surface area contributed by atoms with Gasteiger partial charge in [-0.25, -0.2) is 0 Å². The Labute approximate surface area is 246 Å². The summed E-state index contributed by atoms with van der Waals surface area (Å²) in [6, 6.07) is -0.696. The summed E-state index contributed by atoms with van der Waals surface area (Å²) in [6.07, 6.45) is -2.10. The summed E-state index contributed by atoms with van der Waals surface area (Å²) in [6.45, 7) is 15.4. The Balaban J connectivity index is 1.43. The normalized spacial score (nSPS) is 55.0. The molecule has 3 aliphatic heterocycles. The molecule has 10 heteroatoms. The van der Waals surface area contributed by atoms with Gasteiger partial charge in [-0.05, 0) is 38.0 Å². The highest BCUT2D eigenvalue weighted by atomic mass is 16.6. The van der Waals surface area contributed by atoms with E-state index in [2.05, 4.69) is 11.5 Å². The lowest BCUT2D eigenvalue weighted by molar-refractivity contribution is -0.347. The van der Waals surface area contributed by atoms with Gasteiger partial charge in [-0.1, -0.05) is 46.8 Å². The van der Waals surface area contributed by atoms with Crippen molar-refractivity contribution in [2.75, 3.05) is 6.54 Å². The minimum Gasteiger partial charge on any atom is -0.458 e. The number of ether oxygens (including phenoxy) is 3. The van der Waals surface area contributed by atoms with Crippen LogP contribution in [0, 0.1) is 39.9 Å². The van der Waals surface area contributed by atoms with E-state index < -0.39 is 87.6 Å². The first-order chi connectivity index (χ1) is 19.6. The number of aliphatic hydroxyl groups excluding tert-OH is 1. The number of carbonyl (C=O) groups is 3. The molecule has 0 aromatic carbocycles. The molecular weight excluding hydrogens is 542 g/mol. The molecule has 9 fully saturated rings. The van der Waals surface area contributed by atoms with Gasteiger partial charge < -0.3 is 29.5 Å². The van der Waals surface area contributed by atoms with Crippen LogP contribution in [0.1, 0.15) is 73.6 Å². The quantitative estimate of drug-likeness (QED) is 0.229. The number of carbonyl (C=O) groups excluding carboxylic acids is 3. The molecule has 10 nitrogen and oxygen atoms in total. The van der Waals surface area contributed by atoms with Gasteiger partial charge in [0.2, 0.25) is 0 Å². The summed E-state index contributed by atoms with van der Waals surface area (Å²) >= 11 is 0. The summed E-state index contributed by atoms with van der Waals surface area (Å²) in [5, 5.41) is 38.3. The molecule has 232 valence electrons. The van der Waals surface area contributed by atoms with Crippen molar-refractivity contribution in [1.29, 1.82) is 0 Å². The van der Waals surface area contributed by atoms with Gasteiger partial charge in [0.25, 0.3) is 0 Å². The molecule has 0 aromatic rings. The van der Waals surface area contributed by atoms with Crippen molar-refractivity contribution < 1.29 is 43.9 Å². The van der Waals surface area contributed by atoms with Crippen LogP contribution in [0.3, 0.4) is 0 Å². The summed E-state index contributed by atoms with van der Waals surface area (Å²) in [4.78, 5) is 41.3. The zero-order valence-electron chi connectivity index (χ0n) is 25.5. The molecule has 42 heavy (non-hydrogen) atoms. The fraction of sp³-hybridized carbons (Fsp3) is 0.844. The van der Waals surface area contributed by atoms with E-state index >= 15 is 0 Å². The van der Waals surface area contributed by atoms with E-state index in [9.17, 15) is 29.7 Å². The highest BCUT2D eigenvalue weighted by Crippen LogP contribution is 2.89. The number of hydrogen-bond acceptors (Lipinski definition) is 10. The van der Waals surface area contributed by atoms with E-state index in [0.29, 0.717) is 37.8 Å². The third kappa shape index (κ3) is 2.69. The summed E-state index contributed by atoms with van der Waals surface area (Å²) in [5.74, 6) is -3.24. The minimum atomic E-state index is -1.73. The van der Waals surface area contributed by atoms with Crippen LogP contribution in [0.2, 0.25) is 0 Å². The lowest BCUT2D eigenvalue weighted by atomic mass is 9.36. The van der Waals surface area contributed by atoms with Crippen molar-refractivity contribution >= 4 is 17.9 Å². The molecule has 3 saturated heterocycles. The van der Waals surface area contributed by atoms with Gasteiger partial charge >= 0.3 is 17.9 Å². The lowest BCUT2D eigenvalue weighted by Gasteiger charge is -2.71. The molecule has 4 unspecified atom stereocenters. The molecule has 3 N–H and O–H groups in total. The molecule has 0 aromatic heterocycles. The summed E-state index contributed by atoms with van der Waals surface area (Å²) < 4.78 is 18.4. The van der Waals surface area contributed by atoms with E-state index in [-0.39, 0.29) is 24.3 Å². The monoisotopic (exact) mass is 587 g/mol. The second-order valence-electron chi connectivity index (χ2n) is 15.0. The SMILES string of the molecule is C=C1C[C@@]23C[C@@H]4C5[C@]6(C)CN4[C@@H]4[C@]2(O)[C@H](O)[C@H]1[C@@H](OC(=O)C(C)CC)[C@@]3(O)[C@]54C[C@@H](OC(=O)C(C)CC)[C@H]6OC(C)=O. The van der Waals surface area contributed by atoms with Crippen LogP contribution in [0.25, 0.3) is 0 Å². The molecule has 0 amide bonds. The van der Waals surface area contributed by atoms with Gasteiger partial charge in [0.1, 0.15) is 29.5 Å².